The zero-order valence-electron chi connectivity index (χ0n) is 21.1. The number of hydrogen-bond donors (Lipinski definition) is 2. The zero-order valence-corrected chi connectivity index (χ0v) is 21.1. The maximum atomic E-state index is 13.4. The van der Waals surface area contributed by atoms with Crippen LogP contribution in [0.15, 0.2) is 72.8 Å². The highest BCUT2D eigenvalue weighted by Crippen LogP contribution is 2.24. The number of nitrogens with zero attached hydrogens (tertiary/aromatic N) is 1. The smallest absolute Gasteiger partial charge is 0.309 e. The second-order valence-electron chi connectivity index (χ2n) is 9.90. The molecule has 2 N–H and O–H groups in total. The SMILES string of the molecule is O=C1N[C@H](c2ccccc2)COC(=O)[C@@H](Cc2ccccc2)CC=CC[C@@H]1CC(=O)N1CCC[C@H]1CO. The number of amides is 2. The Balaban J connectivity index is 1.54. The summed E-state index contributed by atoms with van der Waals surface area (Å²) in [7, 11) is 0. The standard InChI is InChI=1S/C30H36N2O5/c33-20-26-16-9-17-32(26)28(34)19-24-14-7-8-15-25(18-22-10-3-1-4-11-22)30(36)37-21-27(31-29(24)35)23-12-5-2-6-13-23/h1-8,10-13,24-27,33H,9,14-21H2,(H,31,35)/t24-,25-,26+,27+/m1/s1. The van der Waals surface area contributed by atoms with Crippen LogP contribution in [0.25, 0.3) is 0 Å². The molecular weight excluding hydrogens is 468 g/mol. The number of likely N-dealkylation sites (tertiary alicyclic amines) is 1. The lowest BCUT2D eigenvalue weighted by molar-refractivity contribution is -0.150. The van der Waals surface area contributed by atoms with E-state index in [2.05, 4.69) is 5.32 Å². The van der Waals surface area contributed by atoms with Crippen LogP contribution in [-0.2, 0) is 25.5 Å². The topological polar surface area (TPSA) is 95.9 Å². The van der Waals surface area contributed by atoms with Gasteiger partial charge in [-0.3, -0.25) is 14.4 Å². The number of carbonyl (C=O) groups excluding carboxylic acids is 3. The molecule has 2 aliphatic heterocycles. The van der Waals surface area contributed by atoms with Crippen LogP contribution in [0.1, 0.15) is 49.3 Å². The third-order valence-electron chi connectivity index (χ3n) is 7.28. The first-order valence-corrected chi connectivity index (χ1v) is 13.2. The minimum atomic E-state index is -0.558. The molecule has 37 heavy (non-hydrogen) atoms. The van der Waals surface area contributed by atoms with E-state index in [4.69, 9.17) is 4.74 Å². The fourth-order valence-electron chi connectivity index (χ4n) is 5.13. The first-order valence-electron chi connectivity index (χ1n) is 13.2. The van der Waals surface area contributed by atoms with Gasteiger partial charge in [-0.15, -0.1) is 0 Å². The molecule has 2 aliphatic rings. The molecule has 2 amide bonds. The molecule has 0 aromatic heterocycles. The summed E-state index contributed by atoms with van der Waals surface area (Å²) in [5, 5.41) is 12.7. The Morgan fingerprint density at radius 1 is 0.973 bits per heavy atom. The third kappa shape index (κ3) is 7.29. The molecule has 4 atom stereocenters. The number of nitrogens with one attached hydrogen (secondary N) is 1. The molecule has 0 bridgehead atoms. The fourth-order valence-corrected chi connectivity index (χ4v) is 5.13. The Morgan fingerprint density at radius 2 is 1.65 bits per heavy atom. The zero-order chi connectivity index (χ0) is 26.0. The van der Waals surface area contributed by atoms with Crippen molar-refractivity contribution in [2.24, 2.45) is 11.8 Å². The average molecular weight is 505 g/mol. The predicted molar refractivity (Wildman–Crippen MR) is 140 cm³/mol. The second-order valence-corrected chi connectivity index (χ2v) is 9.90. The van der Waals surface area contributed by atoms with Gasteiger partial charge in [-0.05, 0) is 43.2 Å². The van der Waals surface area contributed by atoms with Gasteiger partial charge in [0.05, 0.1) is 30.5 Å². The van der Waals surface area contributed by atoms with Crippen molar-refractivity contribution in [3.8, 4) is 0 Å². The summed E-state index contributed by atoms with van der Waals surface area (Å²) in [5.41, 5.74) is 1.89. The fraction of sp³-hybridized carbons (Fsp3) is 0.433. The van der Waals surface area contributed by atoms with Crippen molar-refractivity contribution in [1.82, 2.24) is 10.2 Å². The maximum absolute atomic E-state index is 13.4. The van der Waals surface area contributed by atoms with Gasteiger partial charge < -0.3 is 20.1 Å². The summed E-state index contributed by atoms with van der Waals surface area (Å²) in [4.78, 5) is 41.3. The summed E-state index contributed by atoms with van der Waals surface area (Å²) < 4.78 is 5.75. The summed E-state index contributed by atoms with van der Waals surface area (Å²) in [6.45, 7) is 0.563. The highest BCUT2D eigenvalue weighted by atomic mass is 16.5. The van der Waals surface area contributed by atoms with E-state index in [-0.39, 0.29) is 49.4 Å². The van der Waals surface area contributed by atoms with Crippen LogP contribution >= 0.6 is 0 Å². The minimum Gasteiger partial charge on any atom is -0.463 e. The highest BCUT2D eigenvalue weighted by molar-refractivity contribution is 5.86. The summed E-state index contributed by atoms with van der Waals surface area (Å²) in [5.74, 6) is -1.55. The molecule has 1 fully saturated rings. The molecule has 7 heteroatoms. The van der Waals surface area contributed by atoms with Crippen LogP contribution in [0.5, 0.6) is 0 Å². The van der Waals surface area contributed by atoms with Crippen LogP contribution in [0.3, 0.4) is 0 Å². The molecule has 4 rings (SSSR count). The van der Waals surface area contributed by atoms with E-state index in [0.717, 1.165) is 24.0 Å². The summed E-state index contributed by atoms with van der Waals surface area (Å²) >= 11 is 0. The first-order chi connectivity index (χ1) is 18.0. The van der Waals surface area contributed by atoms with Gasteiger partial charge >= 0.3 is 5.97 Å². The van der Waals surface area contributed by atoms with Gasteiger partial charge in [-0.25, -0.2) is 0 Å². The van der Waals surface area contributed by atoms with E-state index >= 15 is 0 Å². The Bertz CT molecular complexity index is 1070. The van der Waals surface area contributed by atoms with Gasteiger partial charge in [-0.1, -0.05) is 72.8 Å². The number of ether oxygens (including phenoxy) is 1. The van der Waals surface area contributed by atoms with Crippen LogP contribution in [-0.4, -0.2) is 53.6 Å². The normalized spacial score (nSPS) is 25.1. The van der Waals surface area contributed by atoms with E-state index in [1.807, 2.05) is 72.8 Å². The van der Waals surface area contributed by atoms with Crippen molar-refractivity contribution in [2.75, 3.05) is 19.8 Å². The second kappa shape index (κ2) is 13.2. The molecule has 2 aromatic carbocycles. The first kappa shape index (κ1) is 26.6. The Morgan fingerprint density at radius 3 is 2.35 bits per heavy atom. The Kier molecular flexibility index (Phi) is 9.49. The van der Waals surface area contributed by atoms with Crippen molar-refractivity contribution >= 4 is 17.8 Å². The van der Waals surface area contributed by atoms with Crippen molar-refractivity contribution in [1.29, 1.82) is 0 Å². The monoisotopic (exact) mass is 504 g/mol. The van der Waals surface area contributed by atoms with E-state index in [1.54, 1.807) is 4.90 Å². The number of allylic oxidation sites excluding steroid dienone is 2. The molecule has 2 aromatic rings. The lowest BCUT2D eigenvalue weighted by Gasteiger charge is -2.27. The van der Waals surface area contributed by atoms with Crippen molar-refractivity contribution < 1.29 is 24.2 Å². The van der Waals surface area contributed by atoms with E-state index in [1.165, 1.54) is 0 Å². The number of esters is 1. The molecule has 0 radical (unpaired) electrons. The number of rotatable bonds is 6. The molecule has 1 saturated heterocycles. The lowest BCUT2D eigenvalue weighted by Crippen LogP contribution is -2.42. The number of cyclic esters (lactones) is 1. The van der Waals surface area contributed by atoms with E-state index < -0.39 is 12.0 Å². The quantitative estimate of drug-likeness (QED) is 0.463. The molecule has 0 spiro atoms. The molecule has 196 valence electrons. The van der Waals surface area contributed by atoms with E-state index in [9.17, 15) is 19.5 Å². The van der Waals surface area contributed by atoms with Gasteiger partial charge in [0.25, 0.3) is 0 Å². The molecule has 7 nitrogen and oxygen atoms in total. The van der Waals surface area contributed by atoms with Gasteiger partial charge in [-0.2, -0.15) is 0 Å². The lowest BCUT2D eigenvalue weighted by atomic mass is 9.94. The van der Waals surface area contributed by atoms with Gasteiger partial charge in [0.1, 0.15) is 6.61 Å². The van der Waals surface area contributed by atoms with Crippen LogP contribution in [0, 0.1) is 11.8 Å². The Hall–Kier alpha value is -3.45. The number of aliphatic hydroxyl groups is 1. The molecule has 0 saturated carbocycles. The van der Waals surface area contributed by atoms with Crippen molar-refractivity contribution in [2.45, 2.75) is 50.6 Å². The van der Waals surface area contributed by atoms with Gasteiger partial charge in [0.15, 0.2) is 0 Å². The van der Waals surface area contributed by atoms with E-state index in [0.29, 0.717) is 25.8 Å². The third-order valence-corrected chi connectivity index (χ3v) is 7.28. The van der Waals surface area contributed by atoms with Crippen LogP contribution in [0.4, 0.5) is 0 Å². The molecule has 0 unspecified atom stereocenters. The van der Waals surface area contributed by atoms with Crippen molar-refractivity contribution in [3.63, 3.8) is 0 Å². The largest absolute Gasteiger partial charge is 0.463 e. The number of aliphatic hydroxyl groups excluding tert-OH is 1. The van der Waals surface area contributed by atoms with Gasteiger partial charge in [0, 0.05) is 13.0 Å². The maximum Gasteiger partial charge on any atom is 0.309 e. The highest BCUT2D eigenvalue weighted by Gasteiger charge is 2.32. The van der Waals surface area contributed by atoms with Gasteiger partial charge in [0.2, 0.25) is 11.8 Å². The number of carbonyl (C=O) groups is 3. The number of hydrogen-bond acceptors (Lipinski definition) is 5. The number of benzene rings is 2. The molecule has 0 aliphatic carbocycles. The predicted octanol–water partition coefficient (Wildman–Crippen LogP) is 3.59. The summed E-state index contributed by atoms with van der Waals surface area (Å²) in [6.07, 6.45) is 6.97. The molecular formula is C30H36N2O5. The molecule has 2 heterocycles. The summed E-state index contributed by atoms with van der Waals surface area (Å²) in [6, 6.07) is 18.6. The van der Waals surface area contributed by atoms with Crippen LogP contribution < -0.4 is 5.32 Å². The average Bonchev–Trinajstić information content (AvgIpc) is 3.41. The Labute approximate surface area is 218 Å². The van der Waals surface area contributed by atoms with Crippen LogP contribution in [0.2, 0.25) is 0 Å². The van der Waals surface area contributed by atoms with Crippen molar-refractivity contribution in [3.05, 3.63) is 83.9 Å². The minimum absolute atomic E-state index is 0.0168.